The highest BCUT2D eigenvalue weighted by atomic mass is 79.9. The van der Waals surface area contributed by atoms with Gasteiger partial charge in [0, 0.05) is 24.1 Å². The molecule has 0 N–H and O–H groups in total. The van der Waals surface area contributed by atoms with Crippen LogP contribution in [0.4, 0.5) is 10.1 Å². The lowest BCUT2D eigenvalue weighted by molar-refractivity contribution is 0.625. The van der Waals surface area contributed by atoms with E-state index in [1.54, 1.807) is 12.1 Å². The zero-order valence-electron chi connectivity index (χ0n) is 9.97. The van der Waals surface area contributed by atoms with Crippen LogP contribution in [0, 0.1) is 5.82 Å². The monoisotopic (exact) mass is 287 g/mol. The summed E-state index contributed by atoms with van der Waals surface area (Å²) in [6.45, 7) is 6.39. The van der Waals surface area contributed by atoms with Crippen LogP contribution >= 0.6 is 15.9 Å². The SMILES string of the molecule is CCCN(CCC)c1ccc(F)cc1CBr. The van der Waals surface area contributed by atoms with Crippen molar-refractivity contribution < 1.29 is 4.39 Å². The van der Waals surface area contributed by atoms with E-state index in [0.717, 1.165) is 37.2 Å². The summed E-state index contributed by atoms with van der Waals surface area (Å²) in [5, 5.41) is 0.698. The number of halogens is 2. The molecule has 0 bridgehead atoms. The summed E-state index contributed by atoms with van der Waals surface area (Å²) in [5.41, 5.74) is 2.18. The smallest absolute Gasteiger partial charge is 0.123 e. The molecule has 0 saturated heterocycles. The fourth-order valence-electron chi connectivity index (χ4n) is 1.86. The van der Waals surface area contributed by atoms with Gasteiger partial charge in [-0.05, 0) is 36.6 Å². The molecule has 1 aromatic rings. The first-order valence-corrected chi connectivity index (χ1v) is 6.94. The van der Waals surface area contributed by atoms with Crippen molar-refractivity contribution >= 4 is 21.6 Å². The second kappa shape index (κ2) is 6.89. The second-order valence-electron chi connectivity index (χ2n) is 3.89. The van der Waals surface area contributed by atoms with E-state index in [1.165, 1.54) is 0 Å². The van der Waals surface area contributed by atoms with Gasteiger partial charge in [0.15, 0.2) is 0 Å². The predicted molar refractivity (Wildman–Crippen MR) is 71.8 cm³/mol. The van der Waals surface area contributed by atoms with Gasteiger partial charge in [-0.2, -0.15) is 0 Å². The maximum Gasteiger partial charge on any atom is 0.123 e. The Morgan fingerprint density at radius 2 is 1.81 bits per heavy atom. The van der Waals surface area contributed by atoms with Gasteiger partial charge in [0.25, 0.3) is 0 Å². The van der Waals surface area contributed by atoms with Crippen LogP contribution < -0.4 is 4.90 Å². The molecule has 0 aliphatic rings. The molecule has 0 fully saturated rings. The van der Waals surface area contributed by atoms with Crippen LogP contribution in [0.5, 0.6) is 0 Å². The minimum Gasteiger partial charge on any atom is -0.371 e. The summed E-state index contributed by atoms with van der Waals surface area (Å²) in [4.78, 5) is 2.33. The summed E-state index contributed by atoms with van der Waals surface area (Å²) < 4.78 is 13.1. The number of benzene rings is 1. The number of hydrogen-bond donors (Lipinski definition) is 0. The molecule has 16 heavy (non-hydrogen) atoms. The summed E-state index contributed by atoms with van der Waals surface area (Å²) in [6, 6.07) is 5.04. The Morgan fingerprint density at radius 1 is 1.19 bits per heavy atom. The van der Waals surface area contributed by atoms with Gasteiger partial charge in [-0.15, -0.1) is 0 Å². The van der Waals surface area contributed by atoms with Gasteiger partial charge in [0.05, 0.1) is 0 Å². The van der Waals surface area contributed by atoms with E-state index in [4.69, 9.17) is 0 Å². The van der Waals surface area contributed by atoms with Gasteiger partial charge in [0.2, 0.25) is 0 Å². The Balaban J connectivity index is 2.97. The summed E-state index contributed by atoms with van der Waals surface area (Å²) in [5.74, 6) is -0.161. The Bertz CT molecular complexity index is 322. The van der Waals surface area contributed by atoms with Gasteiger partial charge < -0.3 is 4.90 Å². The van der Waals surface area contributed by atoms with Crippen molar-refractivity contribution in [2.75, 3.05) is 18.0 Å². The molecular weight excluding hydrogens is 269 g/mol. The lowest BCUT2D eigenvalue weighted by Crippen LogP contribution is -2.25. The van der Waals surface area contributed by atoms with Crippen LogP contribution in [0.25, 0.3) is 0 Å². The average Bonchev–Trinajstić information content (AvgIpc) is 2.28. The van der Waals surface area contributed by atoms with Gasteiger partial charge in [0.1, 0.15) is 5.82 Å². The Morgan fingerprint density at radius 3 is 2.31 bits per heavy atom. The topological polar surface area (TPSA) is 3.24 Å². The highest BCUT2D eigenvalue weighted by Gasteiger charge is 2.09. The Kier molecular flexibility index (Phi) is 5.81. The molecule has 1 aromatic carbocycles. The fourth-order valence-corrected chi connectivity index (χ4v) is 2.31. The molecule has 1 nitrogen and oxygen atoms in total. The van der Waals surface area contributed by atoms with E-state index in [2.05, 4.69) is 34.7 Å². The Labute approximate surface area is 106 Å². The molecule has 0 amide bonds. The van der Waals surface area contributed by atoms with E-state index in [1.807, 2.05) is 6.07 Å². The van der Waals surface area contributed by atoms with Crippen LogP contribution in [0.15, 0.2) is 18.2 Å². The van der Waals surface area contributed by atoms with E-state index in [9.17, 15) is 4.39 Å². The number of alkyl halides is 1. The molecule has 0 heterocycles. The minimum absolute atomic E-state index is 0.161. The van der Waals surface area contributed by atoms with Crippen LogP contribution in [-0.4, -0.2) is 13.1 Å². The molecule has 0 aromatic heterocycles. The third-order valence-corrected chi connectivity index (χ3v) is 3.12. The molecule has 3 heteroatoms. The zero-order valence-corrected chi connectivity index (χ0v) is 11.6. The van der Waals surface area contributed by atoms with Gasteiger partial charge >= 0.3 is 0 Å². The maximum atomic E-state index is 13.1. The maximum absolute atomic E-state index is 13.1. The van der Waals surface area contributed by atoms with Crippen molar-refractivity contribution in [2.24, 2.45) is 0 Å². The van der Waals surface area contributed by atoms with Gasteiger partial charge in [-0.3, -0.25) is 0 Å². The average molecular weight is 288 g/mol. The molecule has 1 rings (SSSR count). The minimum atomic E-state index is -0.161. The van der Waals surface area contributed by atoms with E-state index in [-0.39, 0.29) is 5.82 Å². The van der Waals surface area contributed by atoms with Crippen LogP contribution in [0.3, 0.4) is 0 Å². The quantitative estimate of drug-likeness (QED) is 0.703. The first kappa shape index (κ1) is 13.5. The number of nitrogens with zero attached hydrogens (tertiary/aromatic N) is 1. The number of anilines is 1. The molecule has 0 unspecified atom stereocenters. The summed E-state index contributed by atoms with van der Waals surface area (Å²) in [7, 11) is 0. The summed E-state index contributed by atoms with van der Waals surface area (Å²) >= 11 is 3.42. The van der Waals surface area contributed by atoms with Gasteiger partial charge in [-0.25, -0.2) is 4.39 Å². The first-order chi connectivity index (χ1) is 7.72. The highest BCUT2D eigenvalue weighted by Crippen LogP contribution is 2.24. The summed E-state index contributed by atoms with van der Waals surface area (Å²) in [6.07, 6.45) is 2.22. The first-order valence-electron chi connectivity index (χ1n) is 5.82. The van der Waals surface area contributed by atoms with Crippen molar-refractivity contribution in [3.63, 3.8) is 0 Å². The van der Waals surface area contributed by atoms with Crippen LogP contribution in [0.2, 0.25) is 0 Å². The van der Waals surface area contributed by atoms with Crippen molar-refractivity contribution in [1.29, 1.82) is 0 Å². The molecule has 0 atom stereocenters. The largest absolute Gasteiger partial charge is 0.371 e. The molecule has 0 aliphatic carbocycles. The third kappa shape index (κ3) is 3.48. The molecule has 90 valence electrons. The Hall–Kier alpha value is -0.570. The van der Waals surface area contributed by atoms with E-state index < -0.39 is 0 Å². The molecule has 0 aliphatic heterocycles. The number of rotatable bonds is 6. The zero-order chi connectivity index (χ0) is 12.0. The fraction of sp³-hybridized carbons (Fsp3) is 0.538. The highest BCUT2D eigenvalue weighted by molar-refractivity contribution is 9.08. The second-order valence-corrected chi connectivity index (χ2v) is 4.45. The third-order valence-electron chi connectivity index (χ3n) is 2.51. The van der Waals surface area contributed by atoms with Crippen molar-refractivity contribution in [3.8, 4) is 0 Å². The number of hydrogen-bond acceptors (Lipinski definition) is 1. The standard InChI is InChI=1S/C13H19BrFN/c1-3-7-16(8-4-2)13-6-5-12(15)9-11(13)10-14/h5-6,9H,3-4,7-8,10H2,1-2H3. The van der Waals surface area contributed by atoms with Crippen LogP contribution in [-0.2, 0) is 5.33 Å². The normalized spacial score (nSPS) is 10.5. The van der Waals surface area contributed by atoms with Crippen molar-refractivity contribution in [2.45, 2.75) is 32.0 Å². The van der Waals surface area contributed by atoms with Crippen LogP contribution in [0.1, 0.15) is 32.3 Å². The molecule has 0 radical (unpaired) electrons. The predicted octanol–water partition coefficient (Wildman–Crippen LogP) is 4.35. The van der Waals surface area contributed by atoms with Crippen molar-refractivity contribution in [3.05, 3.63) is 29.6 Å². The lowest BCUT2D eigenvalue weighted by atomic mass is 10.1. The molecule has 0 spiro atoms. The van der Waals surface area contributed by atoms with E-state index >= 15 is 0 Å². The molecular formula is C13H19BrFN. The van der Waals surface area contributed by atoms with Gasteiger partial charge in [-0.1, -0.05) is 29.8 Å². The lowest BCUT2D eigenvalue weighted by Gasteiger charge is -2.26. The molecule has 0 saturated carbocycles. The van der Waals surface area contributed by atoms with Crippen molar-refractivity contribution in [1.82, 2.24) is 0 Å². The van der Waals surface area contributed by atoms with E-state index in [0.29, 0.717) is 5.33 Å².